The van der Waals surface area contributed by atoms with Gasteiger partial charge in [-0.3, -0.25) is 4.79 Å². The van der Waals surface area contributed by atoms with E-state index in [1.54, 1.807) is 7.05 Å². The molecule has 2 N–H and O–H groups in total. The third-order valence-corrected chi connectivity index (χ3v) is 2.04. The fourth-order valence-corrected chi connectivity index (χ4v) is 1.32. The molecule has 0 spiro atoms. The van der Waals surface area contributed by atoms with E-state index in [0.29, 0.717) is 0 Å². The molecular weight excluding hydrogens is 166 g/mol. The van der Waals surface area contributed by atoms with E-state index in [1.165, 1.54) is 0 Å². The summed E-state index contributed by atoms with van der Waals surface area (Å²) in [5.74, 6) is -0.850. The van der Waals surface area contributed by atoms with Gasteiger partial charge < -0.3 is 10.4 Å². The molecule has 1 aromatic carbocycles. The largest absolute Gasteiger partial charge is 0.480 e. The third kappa shape index (κ3) is 2.06. The zero-order valence-electron chi connectivity index (χ0n) is 7.74. The molecule has 0 unspecified atom stereocenters. The molecule has 0 saturated carbocycles. The van der Waals surface area contributed by atoms with Crippen molar-refractivity contribution in [2.45, 2.75) is 13.0 Å². The van der Waals surface area contributed by atoms with Crippen LogP contribution in [0.2, 0.25) is 0 Å². The number of carbonyl (C=O) groups is 1. The van der Waals surface area contributed by atoms with Gasteiger partial charge in [0.05, 0.1) is 0 Å². The predicted octanol–water partition coefficient (Wildman–Crippen LogP) is 1.34. The zero-order valence-corrected chi connectivity index (χ0v) is 7.74. The summed E-state index contributed by atoms with van der Waals surface area (Å²) in [6.07, 6.45) is 0. The fraction of sp³-hybridized carbons (Fsp3) is 0.300. The van der Waals surface area contributed by atoms with Crippen LogP contribution >= 0.6 is 0 Å². The van der Waals surface area contributed by atoms with Crippen molar-refractivity contribution >= 4 is 5.97 Å². The molecule has 0 fully saturated rings. The maximum Gasteiger partial charge on any atom is 0.325 e. The summed E-state index contributed by atoms with van der Waals surface area (Å²) in [5, 5.41) is 11.6. The van der Waals surface area contributed by atoms with Crippen LogP contribution in [-0.4, -0.2) is 18.1 Å². The first-order valence-corrected chi connectivity index (χ1v) is 4.12. The van der Waals surface area contributed by atoms with Gasteiger partial charge in [-0.05, 0) is 25.1 Å². The summed E-state index contributed by atoms with van der Waals surface area (Å²) < 4.78 is 0. The lowest BCUT2D eigenvalue weighted by Crippen LogP contribution is -2.25. The maximum atomic E-state index is 10.8. The number of likely N-dealkylation sites (N-methyl/N-ethyl adjacent to an activating group) is 1. The third-order valence-electron chi connectivity index (χ3n) is 2.04. The smallest absolute Gasteiger partial charge is 0.325 e. The van der Waals surface area contributed by atoms with Gasteiger partial charge in [0.15, 0.2) is 0 Å². The molecule has 0 heterocycles. The second-order valence-corrected chi connectivity index (χ2v) is 2.92. The zero-order chi connectivity index (χ0) is 9.84. The minimum absolute atomic E-state index is 0.610. The van der Waals surface area contributed by atoms with E-state index >= 15 is 0 Å². The number of rotatable bonds is 3. The summed E-state index contributed by atoms with van der Waals surface area (Å²) in [6, 6.07) is 6.86. The normalized spacial score (nSPS) is 12.5. The van der Waals surface area contributed by atoms with Gasteiger partial charge in [-0.2, -0.15) is 0 Å². The molecule has 1 rings (SSSR count). The molecule has 0 aromatic heterocycles. The van der Waals surface area contributed by atoms with Crippen molar-refractivity contribution in [3.8, 4) is 0 Å². The molecule has 0 aliphatic rings. The average Bonchev–Trinajstić information content (AvgIpc) is 2.09. The number of benzene rings is 1. The summed E-state index contributed by atoms with van der Waals surface area (Å²) in [7, 11) is 1.64. The monoisotopic (exact) mass is 179 g/mol. The van der Waals surface area contributed by atoms with Crippen molar-refractivity contribution in [3.63, 3.8) is 0 Å². The Balaban J connectivity index is 3.04. The van der Waals surface area contributed by atoms with Gasteiger partial charge in [0.2, 0.25) is 0 Å². The standard InChI is InChI=1S/C10H13NO2/c1-7-5-3-4-6-8(7)9(11-2)10(12)13/h3-6,9,11H,1-2H3,(H,12,13)/t9-/m1/s1. The Morgan fingerprint density at radius 2 is 2.08 bits per heavy atom. The van der Waals surface area contributed by atoms with Crippen molar-refractivity contribution in [3.05, 3.63) is 35.4 Å². The molecule has 0 saturated heterocycles. The molecular formula is C10H13NO2. The van der Waals surface area contributed by atoms with Gasteiger partial charge in [0.25, 0.3) is 0 Å². The molecule has 0 amide bonds. The molecule has 0 aliphatic heterocycles. The van der Waals surface area contributed by atoms with Crippen molar-refractivity contribution in [1.29, 1.82) is 0 Å². The first-order valence-electron chi connectivity index (χ1n) is 4.12. The lowest BCUT2D eigenvalue weighted by atomic mass is 10.0. The highest BCUT2D eigenvalue weighted by molar-refractivity contribution is 5.76. The van der Waals surface area contributed by atoms with Crippen LogP contribution in [0.15, 0.2) is 24.3 Å². The number of aliphatic carboxylic acids is 1. The van der Waals surface area contributed by atoms with E-state index < -0.39 is 12.0 Å². The summed E-state index contributed by atoms with van der Waals surface area (Å²) in [5.41, 5.74) is 1.81. The molecule has 3 heteroatoms. The lowest BCUT2D eigenvalue weighted by molar-refractivity contribution is -0.139. The van der Waals surface area contributed by atoms with Crippen LogP contribution in [0.1, 0.15) is 17.2 Å². The topological polar surface area (TPSA) is 49.3 Å². The number of carboxylic acids is 1. The number of hydrogen-bond donors (Lipinski definition) is 2. The molecule has 1 atom stereocenters. The van der Waals surface area contributed by atoms with Crippen molar-refractivity contribution in [2.24, 2.45) is 0 Å². The summed E-state index contributed by atoms with van der Waals surface area (Å²) >= 11 is 0. The number of hydrogen-bond acceptors (Lipinski definition) is 2. The summed E-state index contributed by atoms with van der Waals surface area (Å²) in [6.45, 7) is 1.91. The molecule has 0 aliphatic carbocycles. The van der Waals surface area contributed by atoms with Crippen LogP contribution in [0.5, 0.6) is 0 Å². The van der Waals surface area contributed by atoms with Gasteiger partial charge in [0.1, 0.15) is 6.04 Å². The molecule has 0 bridgehead atoms. The minimum Gasteiger partial charge on any atom is -0.480 e. The Hall–Kier alpha value is -1.35. The number of nitrogens with one attached hydrogen (secondary N) is 1. The Bertz CT molecular complexity index is 310. The number of aryl methyl sites for hydroxylation is 1. The van der Waals surface area contributed by atoms with Crippen LogP contribution in [-0.2, 0) is 4.79 Å². The van der Waals surface area contributed by atoms with Gasteiger partial charge >= 0.3 is 5.97 Å². The van der Waals surface area contributed by atoms with Crippen LogP contribution < -0.4 is 5.32 Å². The Kier molecular flexibility index (Phi) is 3.03. The minimum atomic E-state index is -0.850. The van der Waals surface area contributed by atoms with Crippen LogP contribution in [0.25, 0.3) is 0 Å². The Labute approximate surface area is 77.4 Å². The van der Waals surface area contributed by atoms with Crippen LogP contribution in [0.4, 0.5) is 0 Å². The molecule has 1 aromatic rings. The first kappa shape index (κ1) is 9.74. The van der Waals surface area contributed by atoms with Gasteiger partial charge in [-0.1, -0.05) is 24.3 Å². The lowest BCUT2D eigenvalue weighted by Gasteiger charge is -2.13. The van der Waals surface area contributed by atoms with E-state index in [2.05, 4.69) is 5.32 Å². The second kappa shape index (κ2) is 4.05. The molecule has 0 radical (unpaired) electrons. The van der Waals surface area contributed by atoms with Crippen molar-refractivity contribution in [2.75, 3.05) is 7.05 Å². The van der Waals surface area contributed by atoms with E-state index in [0.717, 1.165) is 11.1 Å². The van der Waals surface area contributed by atoms with E-state index in [4.69, 9.17) is 5.11 Å². The van der Waals surface area contributed by atoms with Gasteiger partial charge in [-0.15, -0.1) is 0 Å². The Morgan fingerprint density at radius 1 is 1.46 bits per heavy atom. The van der Waals surface area contributed by atoms with E-state index in [9.17, 15) is 4.79 Å². The van der Waals surface area contributed by atoms with Crippen molar-refractivity contribution in [1.82, 2.24) is 5.32 Å². The number of carboxylic acid groups (broad SMARTS) is 1. The quantitative estimate of drug-likeness (QED) is 0.736. The van der Waals surface area contributed by atoms with Crippen LogP contribution in [0.3, 0.4) is 0 Å². The molecule has 3 nitrogen and oxygen atoms in total. The predicted molar refractivity (Wildman–Crippen MR) is 50.6 cm³/mol. The van der Waals surface area contributed by atoms with Crippen molar-refractivity contribution < 1.29 is 9.90 Å². The second-order valence-electron chi connectivity index (χ2n) is 2.92. The molecule has 70 valence electrons. The first-order chi connectivity index (χ1) is 6.16. The van der Waals surface area contributed by atoms with Gasteiger partial charge in [0, 0.05) is 0 Å². The van der Waals surface area contributed by atoms with Crippen LogP contribution in [0, 0.1) is 6.92 Å². The van der Waals surface area contributed by atoms with E-state index in [-0.39, 0.29) is 0 Å². The maximum absolute atomic E-state index is 10.8. The highest BCUT2D eigenvalue weighted by Crippen LogP contribution is 2.16. The molecule has 13 heavy (non-hydrogen) atoms. The Morgan fingerprint density at radius 3 is 2.54 bits per heavy atom. The summed E-state index contributed by atoms with van der Waals surface area (Å²) in [4.78, 5) is 10.8. The van der Waals surface area contributed by atoms with E-state index in [1.807, 2.05) is 31.2 Å². The SMILES string of the molecule is CN[C@@H](C(=O)O)c1ccccc1C. The van der Waals surface area contributed by atoms with Gasteiger partial charge in [-0.25, -0.2) is 0 Å². The average molecular weight is 179 g/mol. The highest BCUT2D eigenvalue weighted by atomic mass is 16.4. The fourth-order valence-electron chi connectivity index (χ4n) is 1.32. The highest BCUT2D eigenvalue weighted by Gasteiger charge is 2.18.